The van der Waals surface area contributed by atoms with E-state index < -0.39 is 30.1 Å². The van der Waals surface area contributed by atoms with E-state index in [1.807, 2.05) is 6.92 Å². The summed E-state index contributed by atoms with van der Waals surface area (Å²) in [5, 5.41) is 0. The number of alkyl halides is 2. The highest BCUT2D eigenvalue weighted by atomic mass is 19.3. The molecule has 2 aliphatic rings. The van der Waals surface area contributed by atoms with Gasteiger partial charge in [0.1, 0.15) is 0 Å². The Morgan fingerprint density at radius 2 is 1.42 bits per heavy atom. The lowest BCUT2D eigenvalue weighted by atomic mass is 9.79. The lowest BCUT2D eigenvalue weighted by Gasteiger charge is -2.29. The molecular weight excluding hydrogens is 472 g/mol. The quantitative estimate of drug-likeness (QED) is 0.149. The Bertz CT molecular complexity index is 813. The summed E-state index contributed by atoms with van der Waals surface area (Å²) in [4.78, 5) is 0. The van der Waals surface area contributed by atoms with Gasteiger partial charge in [0, 0.05) is 0 Å². The van der Waals surface area contributed by atoms with Gasteiger partial charge in [-0.3, -0.25) is 0 Å². The van der Waals surface area contributed by atoms with Crippen molar-refractivity contribution in [3.63, 3.8) is 0 Å². The molecule has 0 amide bonds. The lowest BCUT2D eigenvalue weighted by Crippen LogP contribution is -2.34. The van der Waals surface area contributed by atoms with Crippen LogP contribution in [0.25, 0.3) is 0 Å². The van der Waals surface area contributed by atoms with Gasteiger partial charge in [0.25, 0.3) is 0 Å². The van der Waals surface area contributed by atoms with Gasteiger partial charge in [-0.05, 0) is 87.7 Å². The van der Waals surface area contributed by atoms with E-state index in [-0.39, 0.29) is 18.5 Å². The predicted octanol–water partition coefficient (Wildman–Crippen LogP) is 8.85. The Hall–Kier alpha value is -1.76. The van der Waals surface area contributed by atoms with Crippen LogP contribution in [-0.2, 0) is 4.74 Å². The summed E-state index contributed by atoms with van der Waals surface area (Å²) in [6.45, 7) is 3.40. The zero-order chi connectivity index (χ0) is 26.0. The summed E-state index contributed by atoms with van der Waals surface area (Å²) < 4.78 is 72.1. The fraction of sp³-hybridized carbons (Fsp3) is 0.724. The van der Waals surface area contributed by atoms with Gasteiger partial charge in [-0.15, -0.1) is 0 Å². The fourth-order valence-corrected chi connectivity index (χ4v) is 5.28. The van der Waals surface area contributed by atoms with E-state index in [2.05, 4.69) is 23.8 Å². The van der Waals surface area contributed by atoms with Gasteiger partial charge < -0.3 is 14.2 Å². The molecule has 0 saturated heterocycles. The third kappa shape index (κ3) is 8.97. The Morgan fingerprint density at radius 3 is 2.03 bits per heavy atom. The molecule has 7 heteroatoms. The van der Waals surface area contributed by atoms with E-state index in [9.17, 15) is 17.6 Å². The maximum atomic E-state index is 14.3. The van der Waals surface area contributed by atoms with Gasteiger partial charge >= 0.3 is 6.11 Å². The summed E-state index contributed by atoms with van der Waals surface area (Å²) in [5.41, 5.74) is 0. The maximum absolute atomic E-state index is 14.3. The van der Waals surface area contributed by atoms with Crippen LogP contribution in [0.5, 0.6) is 11.5 Å². The summed E-state index contributed by atoms with van der Waals surface area (Å²) >= 11 is 0. The SMILES string of the molecule is CCCCOc1ccc(OC(F)(F)COC2CCC(/C=C/C3CCC(CCC)CC3)CC2)c(F)c1F. The normalized spacial score (nSPS) is 25.3. The van der Waals surface area contributed by atoms with Crippen LogP contribution in [0.15, 0.2) is 24.3 Å². The van der Waals surface area contributed by atoms with Crippen molar-refractivity contribution >= 4 is 0 Å². The first-order chi connectivity index (χ1) is 17.3. The molecule has 3 rings (SSSR count). The standard InChI is InChI=1S/C29H42F4O3/c1-3-5-19-34-25-17-18-26(28(31)27(25)30)36-29(32,33)20-35-24-15-13-23(14-16-24)12-11-22-9-7-21(6-4-2)8-10-22/h11-12,17-18,21-24H,3-10,13-16,19-20H2,1-2H3/b12-11+. The second-order valence-electron chi connectivity index (χ2n) is 10.4. The highest BCUT2D eigenvalue weighted by Gasteiger charge is 2.36. The largest absolute Gasteiger partial charge is 0.490 e. The molecule has 0 N–H and O–H groups in total. The minimum atomic E-state index is -3.77. The highest BCUT2D eigenvalue weighted by molar-refractivity contribution is 5.35. The van der Waals surface area contributed by atoms with Gasteiger partial charge in [-0.1, -0.05) is 45.3 Å². The molecule has 204 valence electrons. The number of rotatable bonds is 13. The van der Waals surface area contributed by atoms with E-state index >= 15 is 0 Å². The minimum Gasteiger partial charge on any atom is -0.490 e. The van der Waals surface area contributed by atoms with Gasteiger partial charge in [-0.2, -0.15) is 17.6 Å². The molecule has 0 radical (unpaired) electrons. The van der Waals surface area contributed by atoms with Crippen LogP contribution in [0.1, 0.15) is 90.9 Å². The molecule has 0 spiro atoms. The van der Waals surface area contributed by atoms with Crippen molar-refractivity contribution in [2.75, 3.05) is 13.2 Å². The summed E-state index contributed by atoms with van der Waals surface area (Å²) in [6.07, 6.45) is 13.1. The second-order valence-corrected chi connectivity index (χ2v) is 10.4. The summed E-state index contributed by atoms with van der Waals surface area (Å²) in [6, 6.07) is 2.06. The van der Waals surface area contributed by atoms with Crippen LogP contribution in [-0.4, -0.2) is 25.4 Å². The third-order valence-corrected chi connectivity index (χ3v) is 7.48. The molecular formula is C29H42F4O3. The van der Waals surface area contributed by atoms with Gasteiger partial charge in [0.15, 0.2) is 18.1 Å². The molecule has 36 heavy (non-hydrogen) atoms. The molecule has 3 nitrogen and oxygen atoms in total. The molecule has 2 aliphatic carbocycles. The van der Waals surface area contributed by atoms with Crippen molar-refractivity contribution in [2.24, 2.45) is 17.8 Å². The zero-order valence-corrected chi connectivity index (χ0v) is 21.8. The first kappa shape index (κ1) is 28.8. The molecule has 1 aromatic carbocycles. The van der Waals surface area contributed by atoms with Crippen LogP contribution < -0.4 is 9.47 Å². The van der Waals surface area contributed by atoms with Crippen molar-refractivity contribution < 1.29 is 31.8 Å². The van der Waals surface area contributed by atoms with Crippen molar-refractivity contribution in [3.8, 4) is 11.5 Å². The van der Waals surface area contributed by atoms with Crippen molar-refractivity contribution in [2.45, 2.75) is 103 Å². The lowest BCUT2D eigenvalue weighted by molar-refractivity contribution is -0.223. The van der Waals surface area contributed by atoms with Crippen LogP contribution in [0.4, 0.5) is 17.6 Å². The number of hydrogen-bond donors (Lipinski definition) is 0. The molecule has 0 unspecified atom stereocenters. The van der Waals surface area contributed by atoms with Crippen molar-refractivity contribution in [1.82, 2.24) is 0 Å². The second kappa shape index (κ2) is 14.3. The summed E-state index contributed by atoms with van der Waals surface area (Å²) in [5.74, 6) is -1.97. The Kier molecular flexibility index (Phi) is 11.4. The van der Waals surface area contributed by atoms with E-state index in [1.54, 1.807) is 0 Å². The summed E-state index contributed by atoms with van der Waals surface area (Å²) in [7, 11) is 0. The maximum Gasteiger partial charge on any atom is 0.422 e. The first-order valence-corrected chi connectivity index (χ1v) is 13.8. The average molecular weight is 515 g/mol. The monoisotopic (exact) mass is 514 g/mol. The predicted molar refractivity (Wildman–Crippen MR) is 134 cm³/mol. The number of ether oxygens (including phenoxy) is 3. The molecule has 0 atom stereocenters. The van der Waals surface area contributed by atoms with Crippen LogP contribution in [0.3, 0.4) is 0 Å². The highest BCUT2D eigenvalue weighted by Crippen LogP contribution is 2.35. The Morgan fingerprint density at radius 1 is 0.833 bits per heavy atom. The Balaban J connectivity index is 1.39. The van der Waals surface area contributed by atoms with Crippen LogP contribution in [0.2, 0.25) is 0 Å². The van der Waals surface area contributed by atoms with Gasteiger partial charge in [-0.25, -0.2) is 0 Å². The number of allylic oxidation sites excluding steroid dienone is 2. The molecule has 0 aliphatic heterocycles. The van der Waals surface area contributed by atoms with E-state index in [1.165, 1.54) is 38.5 Å². The zero-order valence-electron chi connectivity index (χ0n) is 21.8. The number of hydrogen-bond acceptors (Lipinski definition) is 3. The van der Waals surface area contributed by atoms with E-state index in [4.69, 9.17) is 9.47 Å². The number of unbranched alkanes of at least 4 members (excludes halogenated alkanes) is 1. The topological polar surface area (TPSA) is 27.7 Å². The van der Waals surface area contributed by atoms with Crippen LogP contribution >= 0.6 is 0 Å². The van der Waals surface area contributed by atoms with Crippen LogP contribution in [0, 0.1) is 29.4 Å². The van der Waals surface area contributed by atoms with Gasteiger partial charge in [0.05, 0.1) is 12.7 Å². The fourth-order valence-electron chi connectivity index (χ4n) is 5.28. The molecule has 0 bridgehead atoms. The molecule has 2 saturated carbocycles. The number of benzene rings is 1. The first-order valence-electron chi connectivity index (χ1n) is 13.8. The minimum absolute atomic E-state index is 0.217. The average Bonchev–Trinajstić information content (AvgIpc) is 2.87. The smallest absolute Gasteiger partial charge is 0.422 e. The van der Waals surface area contributed by atoms with E-state index in [0.717, 1.165) is 37.3 Å². The molecule has 1 aromatic rings. The molecule has 2 fully saturated rings. The third-order valence-electron chi connectivity index (χ3n) is 7.48. The molecule has 0 aromatic heterocycles. The Labute approximate surface area is 213 Å². The number of halogens is 4. The van der Waals surface area contributed by atoms with E-state index in [0.29, 0.717) is 31.1 Å². The van der Waals surface area contributed by atoms with Crippen molar-refractivity contribution in [1.29, 1.82) is 0 Å². The van der Waals surface area contributed by atoms with Gasteiger partial charge in [0.2, 0.25) is 11.6 Å². The molecule has 0 heterocycles. The van der Waals surface area contributed by atoms with Crippen molar-refractivity contribution in [3.05, 3.63) is 35.9 Å².